The van der Waals surface area contributed by atoms with Gasteiger partial charge in [0.25, 0.3) is 0 Å². The summed E-state index contributed by atoms with van der Waals surface area (Å²) < 4.78 is 0. The van der Waals surface area contributed by atoms with E-state index in [9.17, 15) is 0 Å². The summed E-state index contributed by atoms with van der Waals surface area (Å²) in [5.41, 5.74) is 11.6. The van der Waals surface area contributed by atoms with E-state index in [1.54, 1.807) is 0 Å². The van der Waals surface area contributed by atoms with Crippen LogP contribution in [0, 0.1) is 11.8 Å². The molecule has 0 aliphatic heterocycles. The predicted molar refractivity (Wildman–Crippen MR) is 90.5 cm³/mol. The van der Waals surface area contributed by atoms with Gasteiger partial charge in [0.2, 0.25) is 0 Å². The van der Waals surface area contributed by atoms with E-state index in [1.165, 1.54) is 42.4 Å². The molecule has 0 aromatic heterocycles. The average Bonchev–Trinajstić information content (AvgIpc) is 3.26. The first-order valence-electron chi connectivity index (χ1n) is 8.63. The zero-order valence-electron chi connectivity index (χ0n) is 14.4. The Morgan fingerprint density at radius 3 is 2.14 bits per heavy atom. The molecule has 0 spiro atoms. The molecule has 2 N–H and O–H groups in total. The fraction of sp³-hybridized carbons (Fsp3) is 0.700. The van der Waals surface area contributed by atoms with Gasteiger partial charge in [-0.25, -0.2) is 0 Å². The van der Waals surface area contributed by atoms with Crippen molar-refractivity contribution in [2.24, 2.45) is 17.6 Å². The van der Waals surface area contributed by atoms with Gasteiger partial charge in [-0.3, -0.25) is 0 Å². The number of benzene rings is 1. The zero-order valence-corrected chi connectivity index (χ0v) is 14.4. The van der Waals surface area contributed by atoms with Gasteiger partial charge >= 0.3 is 0 Å². The molecule has 0 radical (unpaired) electrons. The van der Waals surface area contributed by atoms with Crippen LogP contribution in [0.25, 0.3) is 0 Å². The molecule has 2 unspecified atom stereocenters. The Balaban J connectivity index is 1.99. The van der Waals surface area contributed by atoms with E-state index in [0.29, 0.717) is 11.3 Å². The summed E-state index contributed by atoms with van der Waals surface area (Å²) in [5, 5.41) is 0. The molecule has 0 bridgehead atoms. The Morgan fingerprint density at radius 2 is 1.57 bits per heavy atom. The number of nitrogens with two attached hydrogens (primary N) is 1. The summed E-state index contributed by atoms with van der Waals surface area (Å²) in [6.45, 7) is 11.9. The van der Waals surface area contributed by atoms with Crippen molar-refractivity contribution in [2.75, 3.05) is 0 Å². The van der Waals surface area contributed by atoms with Crippen LogP contribution in [0.2, 0.25) is 0 Å². The topological polar surface area (TPSA) is 26.0 Å². The molecule has 1 fully saturated rings. The van der Waals surface area contributed by atoms with Gasteiger partial charge in [0.1, 0.15) is 0 Å². The minimum Gasteiger partial charge on any atom is -0.324 e. The van der Waals surface area contributed by atoms with Crippen molar-refractivity contribution in [1.82, 2.24) is 0 Å². The van der Waals surface area contributed by atoms with Crippen LogP contribution in [0.1, 0.15) is 83.0 Å². The lowest BCUT2D eigenvalue weighted by atomic mass is 9.62. The minimum atomic E-state index is 0.198. The van der Waals surface area contributed by atoms with Crippen LogP contribution >= 0.6 is 0 Å². The van der Waals surface area contributed by atoms with Crippen LogP contribution in [0.3, 0.4) is 0 Å². The van der Waals surface area contributed by atoms with Gasteiger partial charge in [-0.15, -0.1) is 0 Å². The maximum Gasteiger partial charge on any atom is 0.0323 e. The highest BCUT2D eigenvalue weighted by Crippen LogP contribution is 2.47. The van der Waals surface area contributed by atoms with Crippen LogP contribution in [0.15, 0.2) is 18.2 Å². The highest BCUT2D eigenvalue weighted by Gasteiger charge is 2.38. The molecule has 1 aromatic carbocycles. The van der Waals surface area contributed by atoms with E-state index < -0.39 is 0 Å². The van der Waals surface area contributed by atoms with Gasteiger partial charge in [0.05, 0.1) is 0 Å². The van der Waals surface area contributed by atoms with Gasteiger partial charge in [-0.05, 0) is 65.0 Å². The summed E-state index contributed by atoms with van der Waals surface area (Å²) >= 11 is 0. The predicted octanol–water partition coefficient (Wildman–Crippen LogP) is 5.08. The Hall–Kier alpha value is -0.820. The van der Waals surface area contributed by atoms with Gasteiger partial charge in [0, 0.05) is 6.04 Å². The number of hydrogen-bond acceptors (Lipinski definition) is 1. The number of rotatable bonds is 3. The monoisotopic (exact) mass is 285 g/mol. The summed E-state index contributed by atoms with van der Waals surface area (Å²) in [6, 6.07) is 7.29. The summed E-state index contributed by atoms with van der Waals surface area (Å²) in [5.74, 6) is 1.48. The molecule has 1 aromatic rings. The fourth-order valence-corrected chi connectivity index (χ4v) is 4.03. The molecule has 0 saturated heterocycles. The van der Waals surface area contributed by atoms with Gasteiger partial charge in [0.15, 0.2) is 0 Å². The fourth-order valence-electron chi connectivity index (χ4n) is 4.03. The first-order valence-corrected chi connectivity index (χ1v) is 8.63. The normalized spacial score (nSPS) is 26.0. The highest BCUT2D eigenvalue weighted by molar-refractivity contribution is 5.44. The highest BCUT2D eigenvalue weighted by atomic mass is 14.7. The first-order chi connectivity index (χ1) is 9.72. The van der Waals surface area contributed by atoms with Gasteiger partial charge in [-0.1, -0.05) is 52.8 Å². The summed E-state index contributed by atoms with van der Waals surface area (Å²) in [7, 11) is 0. The van der Waals surface area contributed by atoms with E-state index in [1.807, 2.05) is 0 Å². The third-order valence-electron chi connectivity index (χ3n) is 6.19. The largest absolute Gasteiger partial charge is 0.324 e. The Kier molecular flexibility index (Phi) is 3.48. The van der Waals surface area contributed by atoms with Gasteiger partial charge in [-0.2, -0.15) is 0 Å². The maximum atomic E-state index is 6.57. The van der Waals surface area contributed by atoms with Crippen molar-refractivity contribution in [3.8, 4) is 0 Å². The Bertz CT molecular complexity index is 537. The third-order valence-corrected chi connectivity index (χ3v) is 6.19. The average molecular weight is 285 g/mol. The molecule has 2 aliphatic rings. The van der Waals surface area contributed by atoms with Crippen molar-refractivity contribution < 1.29 is 0 Å². The smallest absolute Gasteiger partial charge is 0.0323 e. The lowest BCUT2D eigenvalue weighted by Gasteiger charge is -2.42. The van der Waals surface area contributed by atoms with Crippen molar-refractivity contribution in [1.29, 1.82) is 0 Å². The molecule has 0 amide bonds. The van der Waals surface area contributed by atoms with E-state index >= 15 is 0 Å². The van der Waals surface area contributed by atoms with Crippen molar-refractivity contribution >= 4 is 0 Å². The summed E-state index contributed by atoms with van der Waals surface area (Å²) in [4.78, 5) is 0. The van der Waals surface area contributed by atoms with Crippen molar-refractivity contribution in [2.45, 2.75) is 77.2 Å². The molecule has 2 aliphatic carbocycles. The standard InChI is InChI=1S/C20H31N/c1-13(14-6-7-14)18(21)15-8-9-16-17(12-15)20(4,5)11-10-19(16,2)3/h8-9,12-14,18H,6-7,10-11,21H2,1-5H3. The van der Waals surface area contributed by atoms with Crippen LogP contribution in [0.4, 0.5) is 0 Å². The molecular formula is C20H31N. The van der Waals surface area contributed by atoms with Crippen LogP contribution in [-0.4, -0.2) is 0 Å². The second-order valence-corrected chi connectivity index (χ2v) is 8.80. The van der Waals surface area contributed by atoms with Crippen LogP contribution < -0.4 is 5.73 Å². The molecule has 116 valence electrons. The van der Waals surface area contributed by atoms with Crippen LogP contribution in [-0.2, 0) is 10.8 Å². The molecule has 1 nitrogen and oxygen atoms in total. The number of hydrogen-bond donors (Lipinski definition) is 1. The molecule has 0 heterocycles. The van der Waals surface area contributed by atoms with Crippen LogP contribution in [0.5, 0.6) is 0 Å². The zero-order chi connectivity index (χ0) is 15.4. The van der Waals surface area contributed by atoms with E-state index in [4.69, 9.17) is 5.73 Å². The van der Waals surface area contributed by atoms with Crippen molar-refractivity contribution in [3.63, 3.8) is 0 Å². The molecule has 3 rings (SSSR count). The first kappa shape index (κ1) is 15.1. The maximum absolute atomic E-state index is 6.57. The second kappa shape index (κ2) is 4.84. The molecule has 21 heavy (non-hydrogen) atoms. The van der Waals surface area contributed by atoms with E-state index in [2.05, 4.69) is 52.8 Å². The molecular weight excluding hydrogens is 254 g/mol. The molecule has 2 atom stereocenters. The third kappa shape index (κ3) is 2.65. The summed E-state index contributed by atoms with van der Waals surface area (Å²) in [6.07, 6.45) is 5.29. The Labute approximate surface area is 130 Å². The quantitative estimate of drug-likeness (QED) is 0.823. The molecule has 1 saturated carbocycles. The van der Waals surface area contributed by atoms with E-state index in [0.717, 1.165) is 5.92 Å². The van der Waals surface area contributed by atoms with E-state index in [-0.39, 0.29) is 11.5 Å². The van der Waals surface area contributed by atoms with Gasteiger partial charge < -0.3 is 5.73 Å². The lowest BCUT2D eigenvalue weighted by Crippen LogP contribution is -2.34. The number of fused-ring (bicyclic) bond motifs is 1. The minimum absolute atomic E-state index is 0.198. The SMILES string of the molecule is CC(C1CC1)C(N)c1ccc2c(c1)C(C)(C)CCC2(C)C. The molecule has 1 heteroatoms. The van der Waals surface area contributed by atoms with Crippen molar-refractivity contribution in [3.05, 3.63) is 34.9 Å². The lowest BCUT2D eigenvalue weighted by molar-refractivity contribution is 0.330. The Morgan fingerprint density at radius 1 is 1.00 bits per heavy atom. The second-order valence-electron chi connectivity index (χ2n) is 8.80.